The summed E-state index contributed by atoms with van der Waals surface area (Å²) in [6.45, 7) is 7.31. The zero-order valence-corrected chi connectivity index (χ0v) is 10.4. The quantitative estimate of drug-likeness (QED) is 0.769. The second-order valence-electron chi connectivity index (χ2n) is 5.16. The Labute approximate surface area is 97.9 Å². The molecule has 90 valence electrons. The first-order valence-corrected chi connectivity index (χ1v) is 5.77. The first-order chi connectivity index (χ1) is 7.53. The van der Waals surface area contributed by atoms with Gasteiger partial charge in [0, 0.05) is 37.0 Å². The minimum Gasteiger partial charge on any atom is -0.396 e. The lowest BCUT2D eigenvalue weighted by Crippen LogP contribution is -2.38. The van der Waals surface area contributed by atoms with Gasteiger partial charge in [-0.2, -0.15) is 0 Å². The van der Waals surface area contributed by atoms with Crippen molar-refractivity contribution >= 4 is 0 Å². The Morgan fingerprint density at radius 1 is 1.38 bits per heavy atom. The van der Waals surface area contributed by atoms with E-state index in [4.69, 9.17) is 5.11 Å². The predicted molar refractivity (Wildman–Crippen MR) is 66.3 cm³/mol. The molecule has 0 aliphatic carbocycles. The van der Waals surface area contributed by atoms with Gasteiger partial charge in [0.05, 0.1) is 0 Å². The predicted octanol–water partition coefficient (Wildman–Crippen LogP) is 1.62. The molecule has 2 N–H and O–H groups in total. The minimum atomic E-state index is -0.0491. The van der Waals surface area contributed by atoms with Crippen LogP contribution in [0.1, 0.15) is 26.3 Å². The first kappa shape index (κ1) is 13.1. The number of aliphatic hydroxyl groups is 1. The number of aliphatic hydroxyl groups excluding tert-OH is 1. The molecular weight excluding hydrogens is 200 g/mol. The topological polar surface area (TPSA) is 45.2 Å². The molecular formula is C13H22N2O. The molecule has 0 aromatic carbocycles. The third kappa shape index (κ3) is 4.73. The molecule has 3 nitrogen and oxygen atoms in total. The van der Waals surface area contributed by atoms with Gasteiger partial charge in [0.25, 0.3) is 0 Å². The van der Waals surface area contributed by atoms with Gasteiger partial charge in [0.15, 0.2) is 0 Å². The highest BCUT2D eigenvalue weighted by molar-refractivity contribution is 5.10. The third-order valence-electron chi connectivity index (χ3n) is 2.65. The zero-order valence-electron chi connectivity index (χ0n) is 10.4. The molecule has 0 fully saturated rings. The summed E-state index contributed by atoms with van der Waals surface area (Å²) >= 11 is 0. The summed E-state index contributed by atoms with van der Waals surface area (Å²) in [5.74, 6) is 0. The highest BCUT2D eigenvalue weighted by Gasteiger charge is 2.17. The van der Waals surface area contributed by atoms with Crippen LogP contribution in [0.4, 0.5) is 0 Å². The van der Waals surface area contributed by atoms with Gasteiger partial charge in [-0.05, 0) is 31.0 Å². The van der Waals surface area contributed by atoms with Crippen molar-refractivity contribution in [2.24, 2.45) is 5.41 Å². The van der Waals surface area contributed by atoms with Crippen LogP contribution in [0, 0.1) is 5.41 Å². The zero-order chi connectivity index (χ0) is 12.0. The van der Waals surface area contributed by atoms with Gasteiger partial charge in [-0.3, -0.25) is 4.98 Å². The molecule has 0 spiro atoms. The summed E-state index contributed by atoms with van der Waals surface area (Å²) in [4.78, 5) is 4.00. The van der Waals surface area contributed by atoms with Crippen LogP contribution in [-0.2, 0) is 6.42 Å². The van der Waals surface area contributed by atoms with E-state index >= 15 is 0 Å². The van der Waals surface area contributed by atoms with Gasteiger partial charge in [-0.25, -0.2) is 0 Å². The Balaban J connectivity index is 2.34. The van der Waals surface area contributed by atoms with E-state index in [2.05, 4.69) is 31.1 Å². The molecule has 1 aromatic rings. The van der Waals surface area contributed by atoms with Crippen LogP contribution in [0.15, 0.2) is 24.5 Å². The average molecular weight is 222 g/mol. The Bertz CT molecular complexity index is 298. The van der Waals surface area contributed by atoms with Gasteiger partial charge in [0.2, 0.25) is 0 Å². The lowest BCUT2D eigenvalue weighted by Gasteiger charge is -2.24. The molecule has 0 saturated heterocycles. The fourth-order valence-corrected chi connectivity index (χ4v) is 1.45. The maximum atomic E-state index is 9.15. The highest BCUT2D eigenvalue weighted by atomic mass is 16.3. The maximum Gasteiger partial charge on any atom is 0.0494 e. The number of nitrogens with zero attached hydrogens (tertiary/aromatic N) is 1. The molecule has 0 radical (unpaired) electrons. The number of rotatable bonds is 6. The van der Waals surface area contributed by atoms with Crippen LogP contribution in [0.2, 0.25) is 0 Å². The van der Waals surface area contributed by atoms with Crippen molar-refractivity contribution in [1.82, 2.24) is 10.3 Å². The Kier molecular flexibility index (Phi) is 4.90. The molecule has 1 atom stereocenters. The molecule has 0 amide bonds. The minimum absolute atomic E-state index is 0.0491. The van der Waals surface area contributed by atoms with Gasteiger partial charge in [0.1, 0.15) is 0 Å². The van der Waals surface area contributed by atoms with Gasteiger partial charge in [-0.15, -0.1) is 0 Å². The average Bonchev–Trinajstić information content (AvgIpc) is 2.28. The molecule has 1 rings (SSSR count). The van der Waals surface area contributed by atoms with E-state index in [0.29, 0.717) is 6.04 Å². The Morgan fingerprint density at radius 3 is 2.56 bits per heavy atom. The number of aromatic nitrogens is 1. The number of hydrogen-bond acceptors (Lipinski definition) is 3. The lowest BCUT2D eigenvalue weighted by atomic mass is 9.94. The number of pyridine rings is 1. The fraction of sp³-hybridized carbons (Fsp3) is 0.615. The van der Waals surface area contributed by atoms with Crippen LogP contribution < -0.4 is 5.32 Å². The van der Waals surface area contributed by atoms with E-state index in [1.165, 1.54) is 5.56 Å². The van der Waals surface area contributed by atoms with Crippen molar-refractivity contribution in [3.8, 4) is 0 Å². The highest BCUT2D eigenvalue weighted by Crippen LogP contribution is 2.12. The summed E-state index contributed by atoms with van der Waals surface area (Å²) < 4.78 is 0. The fourth-order valence-electron chi connectivity index (χ4n) is 1.45. The van der Waals surface area contributed by atoms with Gasteiger partial charge >= 0.3 is 0 Å². The molecule has 1 unspecified atom stereocenters. The molecule has 0 aliphatic rings. The van der Waals surface area contributed by atoms with Crippen LogP contribution in [0.5, 0.6) is 0 Å². The summed E-state index contributed by atoms with van der Waals surface area (Å²) in [5.41, 5.74) is 1.24. The van der Waals surface area contributed by atoms with E-state index in [-0.39, 0.29) is 12.0 Å². The largest absolute Gasteiger partial charge is 0.396 e. The molecule has 16 heavy (non-hydrogen) atoms. The van der Waals surface area contributed by atoms with Crippen molar-refractivity contribution in [2.75, 3.05) is 13.2 Å². The third-order valence-corrected chi connectivity index (χ3v) is 2.65. The van der Waals surface area contributed by atoms with E-state index in [1.807, 2.05) is 24.5 Å². The SMILES string of the molecule is CC(Cc1ccncc1)NCC(C)(C)CO. The molecule has 0 saturated carbocycles. The smallest absolute Gasteiger partial charge is 0.0494 e. The van der Waals surface area contributed by atoms with Crippen LogP contribution in [0.3, 0.4) is 0 Å². The normalized spacial score (nSPS) is 13.8. The number of hydrogen-bond donors (Lipinski definition) is 2. The molecule has 1 aromatic heterocycles. The summed E-state index contributed by atoms with van der Waals surface area (Å²) in [7, 11) is 0. The van der Waals surface area contributed by atoms with Crippen LogP contribution >= 0.6 is 0 Å². The van der Waals surface area contributed by atoms with Crippen LogP contribution in [-0.4, -0.2) is 29.3 Å². The lowest BCUT2D eigenvalue weighted by molar-refractivity contribution is 0.154. The van der Waals surface area contributed by atoms with Crippen LogP contribution in [0.25, 0.3) is 0 Å². The second-order valence-corrected chi connectivity index (χ2v) is 5.16. The number of nitrogens with one attached hydrogen (secondary N) is 1. The van der Waals surface area contributed by atoms with E-state index < -0.39 is 0 Å². The van der Waals surface area contributed by atoms with Gasteiger partial charge in [-0.1, -0.05) is 13.8 Å². The van der Waals surface area contributed by atoms with Crippen molar-refractivity contribution < 1.29 is 5.11 Å². The summed E-state index contributed by atoms with van der Waals surface area (Å²) in [6, 6.07) is 4.48. The Hall–Kier alpha value is -0.930. The van der Waals surface area contributed by atoms with E-state index in [9.17, 15) is 0 Å². The maximum absolute atomic E-state index is 9.15. The van der Waals surface area contributed by atoms with E-state index in [0.717, 1.165) is 13.0 Å². The van der Waals surface area contributed by atoms with Crippen molar-refractivity contribution in [2.45, 2.75) is 33.2 Å². The molecule has 0 aliphatic heterocycles. The first-order valence-electron chi connectivity index (χ1n) is 5.77. The van der Waals surface area contributed by atoms with Crippen molar-refractivity contribution in [3.63, 3.8) is 0 Å². The van der Waals surface area contributed by atoms with Gasteiger partial charge < -0.3 is 10.4 Å². The monoisotopic (exact) mass is 222 g/mol. The van der Waals surface area contributed by atoms with E-state index in [1.54, 1.807) is 0 Å². The van der Waals surface area contributed by atoms with Crippen molar-refractivity contribution in [1.29, 1.82) is 0 Å². The Morgan fingerprint density at radius 2 is 2.00 bits per heavy atom. The second kappa shape index (κ2) is 5.97. The molecule has 1 heterocycles. The summed E-state index contributed by atoms with van der Waals surface area (Å²) in [6.07, 6.45) is 4.63. The summed E-state index contributed by atoms with van der Waals surface area (Å²) in [5, 5.41) is 12.6. The standard InChI is InChI=1S/C13H22N2O/c1-11(15-9-13(2,3)10-16)8-12-4-6-14-7-5-12/h4-7,11,15-16H,8-10H2,1-3H3. The molecule has 0 bridgehead atoms. The molecule has 3 heteroatoms. The van der Waals surface area contributed by atoms with Crippen molar-refractivity contribution in [3.05, 3.63) is 30.1 Å².